The molecule has 0 spiro atoms. The van der Waals surface area contributed by atoms with Crippen LogP contribution >= 0.6 is 0 Å². The molecule has 12 heavy (non-hydrogen) atoms. The van der Waals surface area contributed by atoms with Crippen LogP contribution in [0.5, 0.6) is 0 Å². The molecule has 0 amide bonds. The van der Waals surface area contributed by atoms with Gasteiger partial charge >= 0.3 is 0 Å². The van der Waals surface area contributed by atoms with Crippen LogP contribution in [-0.2, 0) is 6.42 Å². The van der Waals surface area contributed by atoms with Crippen molar-refractivity contribution in [2.24, 2.45) is 5.73 Å². The SMILES string of the molecule is Cc1ccnc(C)c1CCCN. The normalized spacial score (nSPS) is 10.2. The molecule has 2 heteroatoms. The highest BCUT2D eigenvalue weighted by Crippen LogP contribution is 2.12. The summed E-state index contributed by atoms with van der Waals surface area (Å²) in [5, 5.41) is 0. The van der Waals surface area contributed by atoms with Gasteiger partial charge in [-0.2, -0.15) is 0 Å². The average molecular weight is 164 g/mol. The zero-order valence-corrected chi connectivity index (χ0v) is 7.80. The number of aromatic nitrogens is 1. The smallest absolute Gasteiger partial charge is 0.0407 e. The Hall–Kier alpha value is -0.890. The van der Waals surface area contributed by atoms with Crippen LogP contribution in [0.25, 0.3) is 0 Å². The van der Waals surface area contributed by atoms with E-state index in [-0.39, 0.29) is 0 Å². The van der Waals surface area contributed by atoms with E-state index in [1.165, 1.54) is 11.1 Å². The second kappa shape index (κ2) is 4.21. The van der Waals surface area contributed by atoms with Gasteiger partial charge in [-0.1, -0.05) is 0 Å². The molecule has 0 atom stereocenters. The number of aryl methyl sites for hydroxylation is 2. The van der Waals surface area contributed by atoms with E-state index in [0.717, 1.165) is 25.1 Å². The summed E-state index contributed by atoms with van der Waals surface area (Å²) in [5.74, 6) is 0. The van der Waals surface area contributed by atoms with E-state index >= 15 is 0 Å². The van der Waals surface area contributed by atoms with Crippen molar-refractivity contribution in [3.63, 3.8) is 0 Å². The zero-order chi connectivity index (χ0) is 8.97. The largest absolute Gasteiger partial charge is 0.330 e. The molecule has 1 rings (SSSR count). The van der Waals surface area contributed by atoms with Gasteiger partial charge in [-0.25, -0.2) is 0 Å². The van der Waals surface area contributed by atoms with Crippen molar-refractivity contribution >= 4 is 0 Å². The summed E-state index contributed by atoms with van der Waals surface area (Å²) in [6.07, 6.45) is 3.96. The molecule has 0 radical (unpaired) electrons. The Bertz CT molecular complexity index is 236. The second-order valence-corrected chi connectivity index (χ2v) is 3.08. The van der Waals surface area contributed by atoms with E-state index in [4.69, 9.17) is 5.73 Å². The van der Waals surface area contributed by atoms with Crippen LogP contribution < -0.4 is 5.73 Å². The molecule has 1 heterocycles. The van der Waals surface area contributed by atoms with E-state index < -0.39 is 0 Å². The third-order valence-electron chi connectivity index (χ3n) is 2.14. The minimum absolute atomic E-state index is 0.758. The van der Waals surface area contributed by atoms with Crippen LogP contribution in [0.3, 0.4) is 0 Å². The first kappa shape index (κ1) is 9.20. The molecule has 0 saturated heterocycles. The minimum atomic E-state index is 0.758. The molecule has 2 nitrogen and oxygen atoms in total. The van der Waals surface area contributed by atoms with Crippen molar-refractivity contribution in [2.75, 3.05) is 6.54 Å². The molecule has 0 aliphatic carbocycles. The molecule has 0 saturated carbocycles. The van der Waals surface area contributed by atoms with Gasteiger partial charge in [0.1, 0.15) is 0 Å². The molecule has 1 aromatic rings. The van der Waals surface area contributed by atoms with Crippen molar-refractivity contribution in [3.05, 3.63) is 29.1 Å². The Morgan fingerprint density at radius 2 is 2.17 bits per heavy atom. The first-order valence-electron chi connectivity index (χ1n) is 4.37. The molecule has 1 aromatic heterocycles. The Kier molecular flexibility index (Phi) is 3.23. The highest BCUT2D eigenvalue weighted by molar-refractivity contribution is 5.28. The van der Waals surface area contributed by atoms with Gasteiger partial charge in [0, 0.05) is 11.9 Å². The van der Waals surface area contributed by atoms with E-state index in [2.05, 4.69) is 24.9 Å². The van der Waals surface area contributed by atoms with Gasteiger partial charge in [-0.3, -0.25) is 4.98 Å². The summed E-state index contributed by atoms with van der Waals surface area (Å²) < 4.78 is 0. The van der Waals surface area contributed by atoms with Gasteiger partial charge < -0.3 is 5.73 Å². The van der Waals surface area contributed by atoms with Crippen LogP contribution in [0.15, 0.2) is 12.3 Å². The van der Waals surface area contributed by atoms with Crippen LogP contribution in [0.4, 0.5) is 0 Å². The van der Waals surface area contributed by atoms with Gasteiger partial charge in [0.15, 0.2) is 0 Å². The highest BCUT2D eigenvalue weighted by atomic mass is 14.7. The fourth-order valence-electron chi connectivity index (χ4n) is 1.38. The van der Waals surface area contributed by atoms with Crippen molar-refractivity contribution in [3.8, 4) is 0 Å². The topological polar surface area (TPSA) is 38.9 Å². The predicted molar refractivity (Wildman–Crippen MR) is 51.1 cm³/mol. The quantitative estimate of drug-likeness (QED) is 0.736. The predicted octanol–water partition coefficient (Wildman–Crippen LogP) is 1.59. The molecular weight excluding hydrogens is 148 g/mol. The summed E-state index contributed by atoms with van der Waals surface area (Å²) in [5.41, 5.74) is 9.29. The van der Waals surface area contributed by atoms with Gasteiger partial charge in [0.2, 0.25) is 0 Å². The maximum absolute atomic E-state index is 5.46. The summed E-state index contributed by atoms with van der Waals surface area (Å²) in [6, 6.07) is 2.05. The molecule has 0 aliphatic heterocycles. The van der Waals surface area contributed by atoms with E-state index in [0.29, 0.717) is 0 Å². The Morgan fingerprint density at radius 3 is 2.75 bits per heavy atom. The first-order valence-corrected chi connectivity index (χ1v) is 4.37. The maximum Gasteiger partial charge on any atom is 0.0407 e. The summed E-state index contributed by atoms with van der Waals surface area (Å²) >= 11 is 0. The van der Waals surface area contributed by atoms with Gasteiger partial charge in [0.25, 0.3) is 0 Å². The van der Waals surface area contributed by atoms with Crippen LogP contribution in [0.1, 0.15) is 23.2 Å². The van der Waals surface area contributed by atoms with Crippen LogP contribution in [0.2, 0.25) is 0 Å². The number of pyridine rings is 1. The second-order valence-electron chi connectivity index (χ2n) is 3.08. The van der Waals surface area contributed by atoms with Crippen molar-refractivity contribution in [1.82, 2.24) is 4.98 Å². The monoisotopic (exact) mass is 164 g/mol. The summed E-state index contributed by atoms with van der Waals surface area (Å²) in [4.78, 5) is 4.25. The lowest BCUT2D eigenvalue weighted by atomic mass is 10.0. The van der Waals surface area contributed by atoms with Crippen LogP contribution in [-0.4, -0.2) is 11.5 Å². The highest BCUT2D eigenvalue weighted by Gasteiger charge is 2.01. The molecule has 2 N–H and O–H groups in total. The Balaban J connectivity index is 2.81. The maximum atomic E-state index is 5.46. The average Bonchev–Trinajstić information content (AvgIpc) is 2.04. The van der Waals surface area contributed by atoms with Crippen LogP contribution in [0, 0.1) is 13.8 Å². The molecule has 0 aromatic carbocycles. The first-order chi connectivity index (χ1) is 5.75. The van der Waals surface area contributed by atoms with Crippen molar-refractivity contribution in [1.29, 1.82) is 0 Å². The van der Waals surface area contributed by atoms with Gasteiger partial charge in [-0.05, 0) is 50.4 Å². The molecule has 0 bridgehead atoms. The van der Waals surface area contributed by atoms with Crippen molar-refractivity contribution in [2.45, 2.75) is 26.7 Å². The zero-order valence-electron chi connectivity index (χ0n) is 7.80. The number of rotatable bonds is 3. The lowest BCUT2D eigenvalue weighted by Gasteiger charge is -2.06. The number of nitrogens with zero attached hydrogens (tertiary/aromatic N) is 1. The van der Waals surface area contributed by atoms with E-state index in [1.807, 2.05) is 6.20 Å². The standard InChI is InChI=1S/C10H16N2/c1-8-5-7-12-9(2)10(8)4-3-6-11/h5,7H,3-4,6,11H2,1-2H3. The summed E-state index contributed by atoms with van der Waals surface area (Å²) in [7, 11) is 0. The van der Waals surface area contributed by atoms with E-state index in [9.17, 15) is 0 Å². The van der Waals surface area contributed by atoms with E-state index in [1.54, 1.807) is 0 Å². The van der Waals surface area contributed by atoms with Gasteiger partial charge in [-0.15, -0.1) is 0 Å². The number of hydrogen-bond donors (Lipinski definition) is 1. The number of hydrogen-bond acceptors (Lipinski definition) is 2. The molecule has 0 unspecified atom stereocenters. The Labute approximate surface area is 73.8 Å². The molecule has 0 fully saturated rings. The third-order valence-corrected chi connectivity index (χ3v) is 2.14. The summed E-state index contributed by atoms with van der Waals surface area (Å²) in [6.45, 7) is 4.94. The lowest BCUT2D eigenvalue weighted by molar-refractivity contribution is 0.816. The fourth-order valence-corrected chi connectivity index (χ4v) is 1.38. The fraction of sp³-hybridized carbons (Fsp3) is 0.500. The van der Waals surface area contributed by atoms with Gasteiger partial charge in [0.05, 0.1) is 0 Å². The third kappa shape index (κ3) is 2.05. The Morgan fingerprint density at radius 1 is 1.42 bits per heavy atom. The lowest BCUT2D eigenvalue weighted by Crippen LogP contribution is -2.03. The molecule has 0 aliphatic rings. The van der Waals surface area contributed by atoms with Crippen molar-refractivity contribution < 1.29 is 0 Å². The number of nitrogens with two attached hydrogens (primary N) is 1. The molecular formula is C10H16N2. The minimum Gasteiger partial charge on any atom is -0.330 e. The molecule has 66 valence electrons.